The second-order valence-corrected chi connectivity index (χ2v) is 7.52. The van der Waals surface area contributed by atoms with E-state index >= 15 is 0 Å². The van der Waals surface area contributed by atoms with Crippen LogP contribution < -0.4 is 5.32 Å². The zero-order valence-electron chi connectivity index (χ0n) is 12.0. The number of hydrogen-bond donors (Lipinski definition) is 1. The van der Waals surface area contributed by atoms with E-state index in [4.69, 9.17) is 35.4 Å². The highest BCUT2D eigenvalue weighted by molar-refractivity contribution is 7.80. The summed E-state index contributed by atoms with van der Waals surface area (Å²) >= 11 is 19.2. The lowest BCUT2D eigenvalue weighted by Crippen LogP contribution is -2.30. The van der Waals surface area contributed by atoms with E-state index in [1.165, 1.54) is 4.88 Å². The fourth-order valence-corrected chi connectivity index (χ4v) is 3.69. The molecule has 1 aromatic heterocycles. The molecule has 2 rings (SSSR count). The molecule has 0 bridgehead atoms. The van der Waals surface area contributed by atoms with E-state index in [9.17, 15) is 0 Å². The van der Waals surface area contributed by atoms with Crippen molar-refractivity contribution in [2.24, 2.45) is 0 Å². The van der Waals surface area contributed by atoms with Crippen LogP contribution in [0.2, 0.25) is 9.36 Å². The van der Waals surface area contributed by atoms with Crippen molar-refractivity contribution in [3.05, 3.63) is 49.6 Å². The van der Waals surface area contributed by atoms with E-state index in [2.05, 4.69) is 11.4 Å². The minimum atomic E-state index is 0.633. The molecule has 0 spiro atoms. The largest absolute Gasteiger partial charge is 0.347 e. The van der Waals surface area contributed by atoms with Gasteiger partial charge in [0.1, 0.15) is 0 Å². The Bertz CT molecular complexity index is 644. The molecule has 0 aliphatic heterocycles. The van der Waals surface area contributed by atoms with Gasteiger partial charge in [-0.2, -0.15) is 0 Å². The van der Waals surface area contributed by atoms with E-state index in [1.807, 2.05) is 44.0 Å². The van der Waals surface area contributed by atoms with Gasteiger partial charge in [-0.3, -0.25) is 0 Å². The van der Waals surface area contributed by atoms with Crippen molar-refractivity contribution in [2.75, 3.05) is 12.4 Å². The summed E-state index contributed by atoms with van der Waals surface area (Å²) in [4.78, 5) is 3.13. The molecule has 112 valence electrons. The van der Waals surface area contributed by atoms with Crippen LogP contribution in [-0.2, 0) is 6.54 Å². The molecule has 0 aliphatic rings. The van der Waals surface area contributed by atoms with Gasteiger partial charge in [-0.1, -0.05) is 29.3 Å². The highest BCUT2D eigenvalue weighted by atomic mass is 35.5. The molecule has 1 aromatic carbocycles. The summed E-state index contributed by atoms with van der Waals surface area (Å²) in [5.74, 6) is 0. The molecule has 21 heavy (non-hydrogen) atoms. The van der Waals surface area contributed by atoms with Gasteiger partial charge in [-0.15, -0.1) is 11.3 Å². The first-order valence-corrected chi connectivity index (χ1v) is 8.38. The smallest absolute Gasteiger partial charge is 0.173 e. The van der Waals surface area contributed by atoms with Crippen molar-refractivity contribution in [1.82, 2.24) is 4.90 Å². The fraction of sp³-hybridized carbons (Fsp3) is 0.267. The van der Waals surface area contributed by atoms with Crippen LogP contribution in [0.15, 0.2) is 24.3 Å². The summed E-state index contributed by atoms with van der Waals surface area (Å²) in [7, 11) is 1.94. The van der Waals surface area contributed by atoms with E-state index in [-0.39, 0.29) is 0 Å². The topological polar surface area (TPSA) is 15.3 Å². The van der Waals surface area contributed by atoms with Crippen molar-refractivity contribution in [1.29, 1.82) is 0 Å². The van der Waals surface area contributed by atoms with Crippen molar-refractivity contribution in [3.63, 3.8) is 0 Å². The number of anilines is 1. The summed E-state index contributed by atoms with van der Waals surface area (Å²) in [6.45, 7) is 4.75. The van der Waals surface area contributed by atoms with Gasteiger partial charge in [-0.25, -0.2) is 0 Å². The molecule has 0 fully saturated rings. The maximum absolute atomic E-state index is 6.29. The van der Waals surface area contributed by atoms with Gasteiger partial charge in [-0.05, 0) is 55.4 Å². The summed E-state index contributed by atoms with van der Waals surface area (Å²) in [5, 5.41) is 4.55. The Labute approximate surface area is 144 Å². The highest BCUT2D eigenvalue weighted by Gasteiger charge is 2.11. The zero-order valence-corrected chi connectivity index (χ0v) is 15.2. The Kier molecular flexibility index (Phi) is 5.49. The summed E-state index contributed by atoms with van der Waals surface area (Å²) in [5.41, 5.74) is 3.08. The van der Waals surface area contributed by atoms with Crippen LogP contribution in [0.4, 0.5) is 5.69 Å². The van der Waals surface area contributed by atoms with Crippen LogP contribution >= 0.6 is 46.8 Å². The number of rotatable bonds is 3. The predicted octanol–water partition coefficient (Wildman–Crippen LogP) is 5.50. The first-order valence-electron chi connectivity index (χ1n) is 6.40. The molecule has 1 heterocycles. The number of aryl methyl sites for hydroxylation is 2. The molecule has 1 N–H and O–H groups in total. The lowest BCUT2D eigenvalue weighted by molar-refractivity contribution is 0.514. The van der Waals surface area contributed by atoms with Gasteiger partial charge in [0.05, 0.1) is 21.6 Å². The van der Waals surface area contributed by atoms with Crippen LogP contribution in [0, 0.1) is 13.8 Å². The van der Waals surface area contributed by atoms with Crippen molar-refractivity contribution >= 4 is 57.6 Å². The van der Waals surface area contributed by atoms with Crippen molar-refractivity contribution in [2.45, 2.75) is 20.4 Å². The Morgan fingerprint density at radius 2 is 2.00 bits per heavy atom. The monoisotopic (exact) mass is 358 g/mol. The highest BCUT2D eigenvalue weighted by Crippen LogP contribution is 2.28. The van der Waals surface area contributed by atoms with Gasteiger partial charge in [0.25, 0.3) is 0 Å². The Hall–Kier alpha value is -0.810. The summed E-state index contributed by atoms with van der Waals surface area (Å²) in [6.07, 6.45) is 0. The molecular weight excluding hydrogens is 343 g/mol. The van der Waals surface area contributed by atoms with Gasteiger partial charge in [0.15, 0.2) is 5.11 Å². The van der Waals surface area contributed by atoms with Crippen LogP contribution in [-0.4, -0.2) is 17.1 Å². The number of nitrogens with zero attached hydrogens (tertiary/aromatic N) is 1. The van der Waals surface area contributed by atoms with Crippen LogP contribution in [0.25, 0.3) is 0 Å². The summed E-state index contributed by atoms with van der Waals surface area (Å²) in [6, 6.07) is 7.91. The third-order valence-corrected chi connectivity index (χ3v) is 4.96. The van der Waals surface area contributed by atoms with E-state index in [0.29, 0.717) is 16.7 Å². The normalized spacial score (nSPS) is 10.5. The number of halogens is 2. The number of nitrogens with one attached hydrogen (secondary N) is 1. The first kappa shape index (κ1) is 16.6. The molecule has 0 saturated heterocycles. The molecule has 0 saturated carbocycles. The maximum Gasteiger partial charge on any atom is 0.173 e. The number of thiophene rings is 1. The molecule has 0 atom stereocenters. The Morgan fingerprint density at radius 3 is 2.57 bits per heavy atom. The van der Waals surface area contributed by atoms with Crippen LogP contribution in [0.5, 0.6) is 0 Å². The van der Waals surface area contributed by atoms with E-state index in [0.717, 1.165) is 21.2 Å². The average Bonchev–Trinajstić information content (AvgIpc) is 2.78. The quantitative estimate of drug-likeness (QED) is 0.729. The Balaban J connectivity index is 2.07. The fourth-order valence-electron chi connectivity index (χ4n) is 2.02. The molecule has 0 unspecified atom stereocenters. The molecular formula is C15H16Cl2N2S2. The van der Waals surface area contributed by atoms with E-state index < -0.39 is 0 Å². The first-order chi connectivity index (χ1) is 9.86. The van der Waals surface area contributed by atoms with Crippen LogP contribution in [0.3, 0.4) is 0 Å². The third kappa shape index (κ3) is 4.33. The number of hydrogen-bond acceptors (Lipinski definition) is 2. The van der Waals surface area contributed by atoms with E-state index in [1.54, 1.807) is 11.3 Å². The molecule has 2 nitrogen and oxygen atoms in total. The minimum absolute atomic E-state index is 0.633. The van der Waals surface area contributed by atoms with Gasteiger partial charge in [0, 0.05) is 11.9 Å². The molecule has 0 radical (unpaired) electrons. The lowest BCUT2D eigenvalue weighted by atomic mass is 10.1. The minimum Gasteiger partial charge on any atom is -0.347 e. The van der Waals surface area contributed by atoms with Gasteiger partial charge >= 0.3 is 0 Å². The van der Waals surface area contributed by atoms with Crippen molar-refractivity contribution < 1.29 is 0 Å². The molecule has 6 heteroatoms. The average molecular weight is 359 g/mol. The zero-order chi connectivity index (χ0) is 15.6. The number of benzene rings is 1. The second kappa shape index (κ2) is 6.97. The molecule has 2 aromatic rings. The lowest BCUT2D eigenvalue weighted by Gasteiger charge is -2.22. The third-order valence-electron chi connectivity index (χ3n) is 3.03. The van der Waals surface area contributed by atoms with Crippen molar-refractivity contribution in [3.8, 4) is 0 Å². The number of thiocarbonyl (C=S) groups is 1. The summed E-state index contributed by atoms with van der Waals surface area (Å²) < 4.78 is 0.787. The molecule has 0 aliphatic carbocycles. The predicted molar refractivity (Wildman–Crippen MR) is 97.9 cm³/mol. The Morgan fingerprint density at radius 1 is 1.29 bits per heavy atom. The van der Waals surface area contributed by atoms with Gasteiger partial charge < -0.3 is 10.2 Å². The second-order valence-electron chi connectivity index (χ2n) is 4.93. The standard InChI is InChI=1S/C15H16Cl2N2S2/c1-9-6-10(2)14(12(16)7-9)18-15(20)19(3)8-11-4-5-13(17)21-11/h4-7H,8H2,1-3H3,(H,18,20). The van der Waals surface area contributed by atoms with Gasteiger partial charge in [0.2, 0.25) is 0 Å². The molecule has 0 amide bonds. The SMILES string of the molecule is Cc1cc(C)c(NC(=S)N(C)Cc2ccc(Cl)s2)c(Cl)c1. The van der Waals surface area contributed by atoms with Crippen LogP contribution in [0.1, 0.15) is 16.0 Å². The maximum atomic E-state index is 6.29.